The zero-order valence-corrected chi connectivity index (χ0v) is 14.7. The second-order valence-electron chi connectivity index (χ2n) is 5.49. The fourth-order valence-electron chi connectivity index (χ4n) is 2.33. The van der Waals surface area contributed by atoms with E-state index < -0.39 is 28.7 Å². The normalized spacial score (nSPS) is 18.3. The summed E-state index contributed by atoms with van der Waals surface area (Å²) in [6, 6.07) is 4.67. The molecule has 11 heteroatoms. The molecule has 0 radical (unpaired) electrons. The summed E-state index contributed by atoms with van der Waals surface area (Å²) in [5.41, 5.74) is -0.149. The molecule has 25 heavy (non-hydrogen) atoms. The van der Waals surface area contributed by atoms with Crippen LogP contribution in [0.2, 0.25) is 0 Å². The van der Waals surface area contributed by atoms with Crippen molar-refractivity contribution in [1.82, 2.24) is 15.4 Å². The molecular formula is C14H19ClF3N3O3S. The fraction of sp³-hybridized carbons (Fsp3) is 0.500. The SMILES string of the molecule is Cl.O=C(NCC(F)(F)F)c1cccc(S(=O)(=O)NC2CCCNC2)c1. The molecule has 2 rings (SSSR count). The average molecular weight is 402 g/mol. The summed E-state index contributed by atoms with van der Waals surface area (Å²) < 4.78 is 63.6. The number of sulfonamides is 1. The molecule has 3 N–H and O–H groups in total. The van der Waals surface area contributed by atoms with Crippen molar-refractivity contribution in [1.29, 1.82) is 0 Å². The molecule has 1 unspecified atom stereocenters. The highest BCUT2D eigenvalue weighted by Crippen LogP contribution is 2.15. The smallest absolute Gasteiger partial charge is 0.343 e. The number of hydrogen-bond acceptors (Lipinski definition) is 4. The van der Waals surface area contributed by atoms with Crippen LogP contribution in [0.3, 0.4) is 0 Å². The van der Waals surface area contributed by atoms with Crippen LogP contribution in [-0.2, 0) is 10.0 Å². The molecule has 0 bridgehead atoms. The zero-order chi connectivity index (χ0) is 17.8. The third kappa shape index (κ3) is 6.81. The fourth-order valence-corrected chi connectivity index (χ4v) is 3.64. The summed E-state index contributed by atoms with van der Waals surface area (Å²) in [5.74, 6) is -0.983. The van der Waals surface area contributed by atoms with Crippen molar-refractivity contribution in [3.63, 3.8) is 0 Å². The second kappa shape index (κ2) is 8.84. The Morgan fingerprint density at radius 2 is 2.04 bits per heavy atom. The molecule has 1 atom stereocenters. The Kier molecular flexibility index (Phi) is 7.66. The molecule has 142 valence electrons. The third-order valence-corrected chi connectivity index (χ3v) is 4.99. The van der Waals surface area contributed by atoms with Crippen molar-refractivity contribution in [3.8, 4) is 0 Å². The van der Waals surface area contributed by atoms with Gasteiger partial charge in [-0.15, -0.1) is 12.4 Å². The van der Waals surface area contributed by atoms with Gasteiger partial charge in [0.2, 0.25) is 10.0 Å². The van der Waals surface area contributed by atoms with Gasteiger partial charge >= 0.3 is 6.18 Å². The Morgan fingerprint density at radius 3 is 2.64 bits per heavy atom. The van der Waals surface area contributed by atoms with Crippen LogP contribution in [0.25, 0.3) is 0 Å². The Bertz CT molecular complexity index is 692. The minimum Gasteiger partial charge on any atom is -0.343 e. The lowest BCUT2D eigenvalue weighted by Crippen LogP contribution is -2.45. The molecule has 1 aliphatic heterocycles. The van der Waals surface area contributed by atoms with E-state index in [1.807, 2.05) is 0 Å². The maximum atomic E-state index is 12.3. The van der Waals surface area contributed by atoms with Gasteiger partial charge in [-0.2, -0.15) is 13.2 Å². The Balaban J connectivity index is 0.00000312. The summed E-state index contributed by atoms with van der Waals surface area (Å²) in [7, 11) is -3.85. The molecule has 1 aromatic rings. The summed E-state index contributed by atoms with van der Waals surface area (Å²) in [5, 5.41) is 4.78. The number of carbonyl (C=O) groups excluding carboxylic acids is 1. The summed E-state index contributed by atoms with van der Waals surface area (Å²) in [6.45, 7) is -0.146. The van der Waals surface area contributed by atoms with Gasteiger partial charge in [0.05, 0.1) is 4.90 Å². The quantitative estimate of drug-likeness (QED) is 0.696. The lowest BCUT2D eigenvalue weighted by atomic mass is 10.1. The molecule has 1 aliphatic rings. The number of benzene rings is 1. The largest absolute Gasteiger partial charge is 0.405 e. The first-order valence-corrected chi connectivity index (χ1v) is 8.84. The number of alkyl halides is 3. The van der Waals surface area contributed by atoms with Crippen LogP contribution in [0.4, 0.5) is 13.2 Å². The number of halogens is 4. The highest BCUT2D eigenvalue weighted by atomic mass is 35.5. The van der Waals surface area contributed by atoms with E-state index in [2.05, 4.69) is 10.0 Å². The molecule has 0 aromatic heterocycles. The van der Waals surface area contributed by atoms with Gasteiger partial charge in [0.15, 0.2) is 0 Å². The van der Waals surface area contributed by atoms with Gasteiger partial charge in [-0.1, -0.05) is 6.07 Å². The zero-order valence-electron chi connectivity index (χ0n) is 13.1. The number of rotatable bonds is 5. The van der Waals surface area contributed by atoms with Crippen LogP contribution < -0.4 is 15.4 Å². The molecule has 1 saturated heterocycles. The van der Waals surface area contributed by atoms with Gasteiger partial charge in [0.25, 0.3) is 5.91 Å². The Hall–Kier alpha value is -1.36. The average Bonchev–Trinajstić information content (AvgIpc) is 2.52. The van der Waals surface area contributed by atoms with E-state index >= 15 is 0 Å². The van der Waals surface area contributed by atoms with E-state index in [1.165, 1.54) is 18.2 Å². The molecule has 1 heterocycles. The molecular weight excluding hydrogens is 383 g/mol. The summed E-state index contributed by atoms with van der Waals surface area (Å²) in [6.07, 6.45) is -3.00. The van der Waals surface area contributed by atoms with Gasteiger partial charge in [0.1, 0.15) is 6.54 Å². The molecule has 1 fully saturated rings. The van der Waals surface area contributed by atoms with Gasteiger partial charge in [-0.05, 0) is 37.6 Å². The minimum absolute atomic E-state index is 0. The van der Waals surface area contributed by atoms with Crippen LogP contribution in [0, 0.1) is 0 Å². The molecule has 0 saturated carbocycles. The summed E-state index contributed by atoms with van der Waals surface area (Å²) in [4.78, 5) is 11.6. The lowest BCUT2D eigenvalue weighted by molar-refractivity contribution is -0.123. The van der Waals surface area contributed by atoms with Crippen molar-refractivity contribution >= 4 is 28.3 Å². The van der Waals surface area contributed by atoms with Crippen LogP contribution >= 0.6 is 12.4 Å². The lowest BCUT2D eigenvalue weighted by Gasteiger charge is -2.23. The van der Waals surface area contributed by atoms with E-state index in [1.54, 1.807) is 5.32 Å². The van der Waals surface area contributed by atoms with Crippen molar-refractivity contribution in [2.45, 2.75) is 30.0 Å². The molecule has 6 nitrogen and oxygen atoms in total. The van der Waals surface area contributed by atoms with Crippen LogP contribution in [0.5, 0.6) is 0 Å². The van der Waals surface area contributed by atoms with E-state index in [4.69, 9.17) is 0 Å². The first-order valence-electron chi connectivity index (χ1n) is 7.35. The predicted molar refractivity (Wildman–Crippen MR) is 88.3 cm³/mol. The van der Waals surface area contributed by atoms with Crippen molar-refractivity contribution in [2.75, 3.05) is 19.6 Å². The highest BCUT2D eigenvalue weighted by Gasteiger charge is 2.28. The van der Waals surface area contributed by atoms with Crippen LogP contribution in [0.1, 0.15) is 23.2 Å². The number of amides is 1. The first kappa shape index (κ1) is 21.7. The Morgan fingerprint density at radius 1 is 1.32 bits per heavy atom. The van der Waals surface area contributed by atoms with E-state index in [0.717, 1.165) is 19.0 Å². The molecule has 1 amide bonds. The highest BCUT2D eigenvalue weighted by molar-refractivity contribution is 7.89. The van der Waals surface area contributed by atoms with E-state index in [0.29, 0.717) is 13.0 Å². The van der Waals surface area contributed by atoms with Gasteiger partial charge in [-0.25, -0.2) is 13.1 Å². The van der Waals surface area contributed by atoms with Crippen LogP contribution in [0.15, 0.2) is 29.2 Å². The maximum absolute atomic E-state index is 12.3. The van der Waals surface area contributed by atoms with Gasteiger partial charge in [-0.3, -0.25) is 4.79 Å². The van der Waals surface area contributed by atoms with Crippen LogP contribution in [-0.4, -0.2) is 46.2 Å². The van der Waals surface area contributed by atoms with Gasteiger partial charge < -0.3 is 10.6 Å². The number of piperidine rings is 1. The molecule has 1 aromatic carbocycles. The minimum atomic E-state index is -4.53. The predicted octanol–water partition coefficient (Wildman–Crippen LogP) is 1.43. The third-order valence-electron chi connectivity index (χ3n) is 3.47. The van der Waals surface area contributed by atoms with Crippen molar-refractivity contribution in [2.24, 2.45) is 0 Å². The maximum Gasteiger partial charge on any atom is 0.405 e. The van der Waals surface area contributed by atoms with Crippen molar-refractivity contribution in [3.05, 3.63) is 29.8 Å². The molecule has 0 spiro atoms. The Labute approximate surface area is 150 Å². The monoisotopic (exact) mass is 401 g/mol. The van der Waals surface area contributed by atoms with Gasteiger partial charge in [0, 0.05) is 18.2 Å². The van der Waals surface area contributed by atoms with E-state index in [9.17, 15) is 26.4 Å². The molecule has 0 aliphatic carbocycles. The number of nitrogens with one attached hydrogen (secondary N) is 3. The van der Waals surface area contributed by atoms with E-state index in [-0.39, 0.29) is 28.9 Å². The van der Waals surface area contributed by atoms with Crippen molar-refractivity contribution < 1.29 is 26.4 Å². The second-order valence-corrected chi connectivity index (χ2v) is 7.20. The number of carbonyl (C=O) groups is 1. The topological polar surface area (TPSA) is 87.3 Å². The first-order chi connectivity index (χ1) is 11.2. The number of hydrogen-bond donors (Lipinski definition) is 3. The standard InChI is InChI=1S/C14H18F3N3O3S.ClH/c15-14(16,17)9-19-13(21)10-3-1-5-12(7-10)24(22,23)20-11-4-2-6-18-8-11;/h1,3,5,7,11,18,20H,2,4,6,8-9H2,(H,19,21);1H. The summed E-state index contributed by atoms with van der Waals surface area (Å²) >= 11 is 0.